The molecule has 0 aliphatic carbocycles. The van der Waals surface area contributed by atoms with E-state index < -0.39 is 0 Å². The van der Waals surface area contributed by atoms with Gasteiger partial charge < -0.3 is 4.84 Å². The van der Waals surface area contributed by atoms with Crippen molar-refractivity contribution in [3.05, 3.63) is 71.0 Å². The van der Waals surface area contributed by atoms with E-state index in [0.717, 1.165) is 11.1 Å². The molecule has 0 aromatic heterocycles. The number of oxime groups is 1. The lowest BCUT2D eigenvalue weighted by Crippen LogP contribution is -1.89. The summed E-state index contributed by atoms with van der Waals surface area (Å²) in [5.74, 6) is -0.248. The fraction of sp³-hybridized carbons (Fsp3) is 0.133. The van der Waals surface area contributed by atoms with E-state index in [0.29, 0.717) is 6.61 Å². The van der Waals surface area contributed by atoms with E-state index in [2.05, 4.69) is 5.16 Å². The Bertz CT molecular complexity index is 534. The van der Waals surface area contributed by atoms with Gasteiger partial charge in [-0.3, -0.25) is 0 Å². The minimum atomic E-state index is -0.248. The van der Waals surface area contributed by atoms with E-state index in [1.165, 1.54) is 17.7 Å². The number of rotatable bonds is 4. The molecule has 18 heavy (non-hydrogen) atoms. The highest BCUT2D eigenvalue weighted by Gasteiger charge is 1.93. The van der Waals surface area contributed by atoms with E-state index in [4.69, 9.17) is 4.84 Å². The molecule has 0 spiro atoms. The third-order valence-corrected chi connectivity index (χ3v) is 2.46. The number of hydrogen-bond donors (Lipinski definition) is 0. The molecular formula is C15H14FNO. The molecule has 0 N–H and O–H groups in total. The smallest absolute Gasteiger partial charge is 0.142 e. The van der Waals surface area contributed by atoms with Crippen LogP contribution >= 0.6 is 0 Å². The highest BCUT2D eigenvalue weighted by Crippen LogP contribution is 2.05. The molecule has 0 aliphatic rings. The average Bonchev–Trinajstić information content (AvgIpc) is 2.37. The van der Waals surface area contributed by atoms with Crippen LogP contribution in [0.5, 0.6) is 0 Å². The van der Waals surface area contributed by atoms with Gasteiger partial charge in [-0.05, 0) is 30.2 Å². The molecule has 2 nitrogen and oxygen atoms in total. The second-order valence-electron chi connectivity index (χ2n) is 4.05. The first-order chi connectivity index (χ1) is 8.74. The Labute approximate surface area is 106 Å². The lowest BCUT2D eigenvalue weighted by Gasteiger charge is -1.99. The van der Waals surface area contributed by atoms with Crippen LogP contribution in [0.2, 0.25) is 0 Å². The maximum atomic E-state index is 12.7. The Kier molecular flexibility index (Phi) is 4.07. The zero-order valence-corrected chi connectivity index (χ0v) is 10.1. The predicted molar refractivity (Wildman–Crippen MR) is 70.0 cm³/mol. The topological polar surface area (TPSA) is 21.6 Å². The summed E-state index contributed by atoms with van der Waals surface area (Å²) >= 11 is 0. The van der Waals surface area contributed by atoms with Crippen molar-refractivity contribution in [1.82, 2.24) is 0 Å². The molecule has 0 bridgehead atoms. The fourth-order valence-electron chi connectivity index (χ4n) is 1.54. The summed E-state index contributed by atoms with van der Waals surface area (Å²) in [5, 5.41) is 3.88. The Morgan fingerprint density at radius 3 is 2.67 bits per heavy atom. The van der Waals surface area contributed by atoms with Gasteiger partial charge in [0.15, 0.2) is 0 Å². The van der Waals surface area contributed by atoms with Crippen LogP contribution in [0.1, 0.15) is 16.7 Å². The SMILES string of the molecule is Cc1cccc(C=NOCc2ccc(F)cc2)c1. The summed E-state index contributed by atoms with van der Waals surface area (Å²) in [7, 11) is 0. The van der Waals surface area contributed by atoms with Crippen molar-refractivity contribution in [3.63, 3.8) is 0 Å². The van der Waals surface area contributed by atoms with Crippen LogP contribution in [0, 0.1) is 12.7 Å². The Morgan fingerprint density at radius 2 is 1.94 bits per heavy atom. The van der Waals surface area contributed by atoms with Gasteiger partial charge in [0.1, 0.15) is 12.4 Å². The van der Waals surface area contributed by atoms with Gasteiger partial charge >= 0.3 is 0 Å². The zero-order valence-electron chi connectivity index (χ0n) is 10.1. The summed E-state index contributed by atoms with van der Waals surface area (Å²) in [6.07, 6.45) is 1.66. The lowest BCUT2D eigenvalue weighted by atomic mass is 10.2. The molecule has 92 valence electrons. The maximum absolute atomic E-state index is 12.7. The minimum Gasteiger partial charge on any atom is -0.391 e. The number of nitrogens with zero attached hydrogens (tertiary/aromatic N) is 1. The van der Waals surface area contributed by atoms with E-state index in [9.17, 15) is 4.39 Å². The van der Waals surface area contributed by atoms with Gasteiger partial charge in [-0.25, -0.2) is 4.39 Å². The first kappa shape index (κ1) is 12.3. The first-order valence-electron chi connectivity index (χ1n) is 5.70. The zero-order chi connectivity index (χ0) is 12.8. The van der Waals surface area contributed by atoms with E-state index in [-0.39, 0.29) is 5.82 Å². The van der Waals surface area contributed by atoms with Crippen LogP contribution in [0.3, 0.4) is 0 Å². The third kappa shape index (κ3) is 3.70. The van der Waals surface area contributed by atoms with Crippen molar-refractivity contribution in [2.24, 2.45) is 5.16 Å². The van der Waals surface area contributed by atoms with Gasteiger partial charge in [0.05, 0.1) is 6.21 Å². The van der Waals surface area contributed by atoms with Crippen molar-refractivity contribution in [2.45, 2.75) is 13.5 Å². The van der Waals surface area contributed by atoms with Gasteiger partial charge in [0, 0.05) is 0 Å². The van der Waals surface area contributed by atoms with Crippen molar-refractivity contribution in [3.8, 4) is 0 Å². The number of hydrogen-bond acceptors (Lipinski definition) is 2. The van der Waals surface area contributed by atoms with Crippen LogP contribution in [0.15, 0.2) is 53.7 Å². The van der Waals surface area contributed by atoms with Gasteiger partial charge in [-0.15, -0.1) is 0 Å². The molecule has 0 fully saturated rings. The standard InChI is InChI=1S/C15H14FNO/c1-12-3-2-4-14(9-12)10-17-18-11-13-5-7-15(16)8-6-13/h2-10H,11H2,1H3. The van der Waals surface area contributed by atoms with Crippen molar-refractivity contribution in [2.75, 3.05) is 0 Å². The maximum Gasteiger partial charge on any atom is 0.142 e. The third-order valence-electron chi connectivity index (χ3n) is 2.46. The normalized spacial score (nSPS) is 10.8. The molecule has 0 unspecified atom stereocenters. The Morgan fingerprint density at radius 1 is 1.17 bits per heavy atom. The van der Waals surface area contributed by atoms with E-state index >= 15 is 0 Å². The molecule has 0 aliphatic heterocycles. The molecule has 0 heterocycles. The Hall–Kier alpha value is -2.16. The van der Waals surface area contributed by atoms with Gasteiger partial charge in [-0.1, -0.05) is 47.1 Å². The molecule has 0 atom stereocenters. The highest BCUT2D eigenvalue weighted by atomic mass is 19.1. The molecule has 0 saturated heterocycles. The van der Waals surface area contributed by atoms with Crippen LogP contribution in [0.4, 0.5) is 4.39 Å². The number of benzene rings is 2. The summed E-state index contributed by atoms with van der Waals surface area (Å²) in [6, 6.07) is 14.1. The summed E-state index contributed by atoms with van der Waals surface area (Å²) in [6.45, 7) is 2.36. The van der Waals surface area contributed by atoms with Gasteiger partial charge in [-0.2, -0.15) is 0 Å². The largest absolute Gasteiger partial charge is 0.391 e. The van der Waals surface area contributed by atoms with E-state index in [1.54, 1.807) is 18.3 Å². The monoisotopic (exact) mass is 243 g/mol. The molecule has 2 aromatic carbocycles. The van der Waals surface area contributed by atoms with Gasteiger partial charge in [0.25, 0.3) is 0 Å². The summed E-state index contributed by atoms with van der Waals surface area (Å²) < 4.78 is 12.7. The molecule has 0 radical (unpaired) electrons. The lowest BCUT2D eigenvalue weighted by molar-refractivity contribution is 0.132. The van der Waals surface area contributed by atoms with Gasteiger partial charge in [0.2, 0.25) is 0 Å². The quantitative estimate of drug-likeness (QED) is 0.593. The molecular weight excluding hydrogens is 229 g/mol. The van der Waals surface area contributed by atoms with Crippen molar-refractivity contribution >= 4 is 6.21 Å². The molecule has 2 rings (SSSR count). The van der Waals surface area contributed by atoms with Crippen LogP contribution < -0.4 is 0 Å². The molecule has 0 saturated carbocycles. The van der Waals surface area contributed by atoms with Crippen LogP contribution in [-0.4, -0.2) is 6.21 Å². The fourth-order valence-corrected chi connectivity index (χ4v) is 1.54. The van der Waals surface area contributed by atoms with E-state index in [1.807, 2.05) is 31.2 Å². The highest BCUT2D eigenvalue weighted by molar-refractivity contribution is 5.79. The molecule has 0 amide bonds. The average molecular weight is 243 g/mol. The second-order valence-corrected chi connectivity index (χ2v) is 4.05. The predicted octanol–water partition coefficient (Wildman–Crippen LogP) is 3.68. The summed E-state index contributed by atoms with van der Waals surface area (Å²) in [4.78, 5) is 5.15. The Balaban J connectivity index is 1.87. The molecule has 3 heteroatoms. The number of halogens is 1. The number of aryl methyl sites for hydroxylation is 1. The van der Waals surface area contributed by atoms with Crippen LogP contribution in [0.25, 0.3) is 0 Å². The van der Waals surface area contributed by atoms with Crippen molar-refractivity contribution in [1.29, 1.82) is 0 Å². The molecule has 2 aromatic rings. The van der Waals surface area contributed by atoms with Crippen molar-refractivity contribution < 1.29 is 9.23 Å². The summed E-state index contributed by atoms with van der Waals surface area (Å²) in [5.41, 5.74) is 3.06. The van der Waals surface area contributed by atoms with Crippen LogP contribution in [-0.2, 0) is 11.4 Å². The first-order valence-corrected chi connectivity index (χ1v) is 5.70. The second kappa shape index (κ2) is 5.96. The minimum absolute atomic E-state index is 0.248.